The fourth-order valence-corrected chi connectivity index (χ4v) is 21.2. The molecular weight excluding hydrogens is 1230 g/mol. The highest BCUT2D eigenvalue weighted by molar-refractivity contribution is 6.24. The predicted molar refractivity (Wildman–Crippen MR) is 415 cm³/mol. The molecular formula is C97H67NO3. The molecule has 4 nitrogen and oxygen atoms in total. The van der Waals surface area contributed by atoms with Gasteiger partial charge in [0.05, 0.1) is 5.41 Å². The van der Waals surface area contributed by atoms with Crippen LogP contribution in [-0.4, -0.2) is 0 Å². The van der Waals surface area contributed by atoms with Gasteiger partial charge in [-0.15, -0.1) is 0 Å². The van der Waals surface area contributed by atoms with E-state index in [-0.39, 0.29) is 10.8 Å². The van der Waals surface area contributed by atoms with Crippen molar-refractivity contribution in [1.82, 2.24) is 0 Å². The summed E-state index contributed by atoms with van der Waals surface area (Å²) in [6.07, 6.45) is 0. The molecule has 0 saturated carbocycles. The molecule has 478 valence electrons. The second-order valence-electron chi connectivity index (χ2n) is 31.6. The van der Waals surface area contributed by atoms with Gasteiger partial charge in [-0.1, -0.05) is 256 Å². The lowest BCUT2D eigenvalue weighted by atomic mass is 9.70. The third-order valence-electron chi connectivity index (χ3n) is 25.3. The molecule has 101 heavy (non-hydrogen) atoms. The number of furan rings is 3. The normalized spacial score (nSPS) is 16.1. The van der Waals surface area contributed by atoms with Crippen LogP contribution in [0.5, 0.6) is 0 Å². The van der Waals surface area contributed by atoms with E-state index in [1.807, 2.05) is 0 Å². The molecule has 0 amide bonds. The molecule has 6 aliphatic carbocycles. The molecule has 6 aliphatic rings. The maximum absolute atomic E-state index is 7.19. The fourth-order valence-electron chi connectivity index (χ4n) is 21.2. The molecule has 23 rings (SSSR count). The minimum atomic E-state index is -0.717. The molecule has 0 bridgehead atoms. The Kier molecular flexibility index (Phi) is 10.3. The number of hydrogen-bond donors (Lipinski definition) is 0. The third kappa shape index (κ3) is 6.57. The van der Waals surface area contributed by atoms with Gasteiger partial charge in [-0.05, 0) is 189 Å². The lowest BCUT2D eigenvalue weighted by Crippen LogP contribution is -2.26. The predicted octanol–water partition coefficient (Wildman–Crippen LogP) is 26.1. The van der Waals surface area contributed by atoms with Gasteiger partial charge in [-0.3, -0.25) is 0 Å². The highest BCUT2D eigenvalue weighted by atomic mass is 16.3. The Morgan fingerprint density at radius 3 is 1.04 bits per heavy atom. The second kappa shape index (κ2) is 18.6. The number of hydrogen-bond acceptors (Lipinski definition) is 4. The van der Waals surface area contributed by atoms with E-state index in [4.69, 9.17) is 13.3 Å². The van der Waals surface area contributed by atoms with Gasteiger partial charge in [0.25, 0.3) is 0 Å². The number of benzene rings is 14. The first-order valence-corrected chi connectivity index (χ1v) is 35.9. The SMILES string of the molecule is CC1(C)c2ccccc2-c2c1c1c(c3c2oc2ccccc23)-c2ccc(N(c3ccc4c(c3)C(C)(C)c3c5c(c6oc7ccccc7c6c3-4)-c3ccccc3C5(C)C)c3ccc4c(c3)C3(c5ccccc5-c5ccccc53)c3cc(-c5ccccc5)c5oc6ccccc6c5c3-4)cc2C1(C)C. The highest BCUT2D eigenvalue weighted by Gasteiger charge is 2.55. The van der Waals surface area contributed by atoms with Crippen molar-refractivity contribution in [2.45, 2.75) is 82.5 Å². The standard InChI is InChI=1S/C97H67NO3/c1-93(2)67-35-19-14-30-58(67)84-88(93)86-79(82-64-33-17-24-40-76(64)100-91(82)84)60-45-42-53(48-71(60)95(86,5)6)98(54-43-46-61-72(49-54)96(7,8)87-80(61)83-65-34-18-25-41-77(65)101-92(83)85-59-31-15-20-36-68(59)94(3,4)89(85)87)55-44-47-62-73(50-55)97(69-37-21-12-28-56(69)57-29-13-22-38-70(57)97)74-51-66(52-26-10-9-11-27-52)90-81(78(62)74)63-32-16-23-39-75(63)99-90/h9-51H,1-8H3. The summed E-state index contributed by atoms with van der Waals surface area (Å²) in [5.41, 5.74) is 39.8. The van der Waals surface area contributed by atoms with E-state index in [0.29, 0.717) is 0 Å². The van der Waals surface area contributed by atoms with Crippen LogP contribution in [0.2, 0.25) is 0 Å². The quantitative estimate of drug-likeness (QED) is 0.176. The molecule has 14 aromatic carbocycles. The molecule has 0 radical (unpaired) electrons. The lowest BCUT2D eigenvalue weighted by Gasteiger charge is -2.34. The van der Waals surface area contributed by atoms with Crippen LogP contribution in [0.1, 0.15) is 122 Å². The molecule has 0 fully saturated rings. The Labute approximate surface area is 585 Å². The molecule has 3 heterocycles. The molecule has 0 saturated heterocycles. The van der Waals surface area contributed by atoms with Crippen molar-refractivity contribution < 1.29 is 13.3 Å². The Bertz CT molecular complexity index is 6420. The van der Waals surface area contributed by atoms with Gasteiger partial charge in [-0.25, -0.2) is 0 Å². The smallest absolute Gasteiger partial charge is 0.144 e. The number of anilines is 3. The van der Waals surface area contributed by atoms with Crippen LogP contribution in [0.4, 0.5) is 17.1 Å². The lowest BCUT2D eigenvalue weighted by molar-refractivity contribution is 0.600. The van der Waals surface area contributed by atoms with Crippen LogP contribution in [0, 0.1) is 0 Å². The van der Waals surface area contributed by atoms with Crippen LogP contribution in [0.15, 0.2) is 274 Å². The highest BCUT2D eigenvalue weighted by Crippen LogP contribution is 2.69. The molecule has 0 N–H and O–H groups in total. The Morgan fingerprint density at radius 1 is 0.238 bits per heavy atom. The number of rotatable bonds is 4. The zero-order chi connectivity index (χ0) is 67.3. The largest absolute Gasteiger partial charge is 0.455 e. The van der Waals surface area contributed by atoms with Crippen LogP contribution < -0.4 is 4.90 Å². The van der Waals surface area contributed by atoms with Crippen LogP contribution in [0.25, 0.3) is 144 Å². The van der Waals surface area contributed by atoms with Crippen molar-refractivity contribution in [3.8, 4) is 77.9 Å². The second-order valence-corrected chi connectivity index (χ2v) is 31.6. The molecule has 1 spiro atoms. The van der Waals surface area contributed by atoms with Crippen molar-refractivity contribution in [3.63, 3.8) is 0 Å². The van der Waals surface area contributed by atoms with E-state index >= 15 is 0 Å². The van der Waals surface area contributed by atoms with Crippen molar-refractivity contribution in [2.75, 3.05) is 4.90 Å². The Morgan fingerprint density at radius 2 is 0.574 bits per heavy atom. The van der Waals surface area contributed by atoms with Crippen LogP contribution >= 0.6 is 0 Å². The molecule has 4 heteroatoms. The van der Waals surface area contributed by atoms with Crippen LogP contribution in [-0.2, 0) is 27.1 Å². The summed E-state index contributed by atoms with van der Waals surface area (Å²) < 4.78 is 21.6. The van der Waals surface area contributed by atoms with Gasteiger partial charge in [0.2, 0.25) is 0 Å². The van der Waals surface area contributed by atoms with E-state index < -0.39 is 16.2 Å². The van der Waals surface area contributed by atoms with Gasteiger partial charge in [0, 0.05) is 87.7 Å². The van der Waals surface area contributed by atoms with Gasteiger partial charge in [0.15, 0.2) is 0 Å². The first-order valence-electron chi connectivity index (χ1n) is 35.9. The van der Waals surface area contributed by atoms with Crippen LogP contribution in [0.3, 0.4) is 0 Å². The van der Waals surface area contributed by atoms with Crippen molar-refractivity contribution in [3.05, 3.63) is 328 Å². The maximum atomic E-state index is 7.19. The van der Waals surface area contributed by atoms with Gasteiger partial charge >= 0.3 is 0 Å². The summed E-state index contributed by atoms with van der Waals surface area (Å²) in [5, 5.41) is 6.97. The van der Waals surface area contributed by atoms with E-state index in [9.17, 15) is 0 Å². The minimum Gasteiger partial charge on any atom is -0.455 e. The summed E-state index contributed by atoms with van der Waals surface area (Å²) in [7, 11) is 0. The monoisotopic (exact) mass is 1290 g/mol. The number of nitrogens with zero attached hydrogens (tertiary/aromatic N) is 1. The zero-order valence-corrected chi connectivity index (χ0v) is 57.5. The van der Waals surface area contributed by atoms with Gasteiger partial charge in [-0.2, -0.15) is 0 Å². The third-order valence-corrected chi connectivity index (χ3v) is 25.3. The van der Waals surface area contributed by atoms with E-state index in [1.54, 1.807) is 0 Å². The van der Waals surface area contributed by atoms with Crippen molar-refractivity contribution in [1.29, 1.82) is 0 Å². The van der Waals surface area contributed by atoms with Crippen molar-refractivity contribution >= 4 is 82.9 Å². The Hall–Kier alpha value is -11.7. The average Bonchev–Trinajstić information content (AvgIpc) is 1.52. The van der Waals surface area contributed by atoms with E-state index in [2.05, 4.69) is 321 Å². The molecule has 0 atom stereocenters. The fraction of sp³-hybridized carbons (Fsp3) is 0.134. The summed E-state index contributed by atoms with van der Waals surface area (Å²) in [6, 6.07) is 98.4. The molecule has 17 aromatic rings. The first-order chi connectivity index (χ1) is 49.2. The molecule has 0 unspecified atom stereocenters. The molecule has 3 aromatic heterocycles. The summed E-state index contributed by atoms with van der Waals surface area (Å²) in [5.74, 6) is 0. The zero-order valence-electron chi connectivity index (χ0n) is 57.5. The summed E-state index contributed by atoms with van der Waals surface area (Å²) in [4.78, 5) is 2.61. The number of fused-ring (bicyclic) bond motifs is 38. The molecule has 0 aliphatic heterocycles. The van der Waals surface area contributed by atoms with Gasteiger partial charge in [0.1, 0.15) is 33.5 Å². The maximum Gasteiger partial charge on any atom is 0.144 e. The first kappa shape index (κ1) is 56.2. The minimum absolute atomic E-state index is 0.301. The summed E-state index contributed by atoms with van der Waals surface area (Å²) >= 11 is 0. The van der Waals surface area contributed by atoms with Gasteiger partial charge < -0.3 is 18.2 Å². The van der Waals surface area contributed by atoms with E-state index in [1.165, 1.54) is 144 Å². The van der Waals surface area contributed by atoms with Crippen molar-refractivity contribution in [2.24, 2.45) is 0 Å². The average molecular weight is 1290 g/mol. The summed E-state index contributed by atoms with van der Waals surface area (Å²) in [6.45, 7) is 19.7. The topological polar surface area (TPSA) is 42.7 Å². The number of para-hydroxylation sites is 3. The Balaban J connectivity index is 0.815. The van der Waals surface area contributed by atoms with E-state index in [0.717, 1.165) is 83.2 Å².